The molecule has 0 saturated heterocycles. The lowest BCUT2D eigenvalue weighted by molar-refractivity contribution is -0.119. The van der Waals surface area contributed by atoms with Gasteiger partial charge < -0.3 is 10.0 Å². The fourth-order valence-electron chi connectivity index (χ4n) is 2.34. The quantitative estimate of drug-likeness (QED) is 0.746. The van der Waals surface area contributed by atoms with Crippen LogP contribution < -0.4 is 0 Å². The van der Waals surface area contributed by atoms with Crippen molar-refractivity contribution in [3.63, 3.8) is 0 Å². The van der Waals surface area contributed by atoms with Gasteiger partial charge in [0.1, 0.15) is 6.10 Å². The maximum atomic E-state index is 11.1. The first-order chi connectivity index (χ1) is 7.33. The smallest absolute Gasteiger partial charge is 0.214 e. The van der Waals surface area contributed by atoms with Crippen LogP contribution in [-0.2, 0) is 4.79 Å². The van der Waals surface area contributed by atoms with Gasteiger partial charge in [-0.3, -0.25) is 4.79 Å². The molecule has 0 aromatic rings. The van der Waals surface area contributed by atoms with Gasteiger partial charge in [0.2, 0.25) is 6.41 Å². The van der Waals surface area contributed by atoms with Crippen LogP contribution in [0.4, 0.5) is 0 Å². The van der Waals surface area contributed by atoms with Crippen LogP contribution in [0.1, 0.15) is 32.1 Å². The molecular formula is C11H17NO2S. The van der Waals surface area contributed by atoms with Gasteiger partial charge in [-0.15, -0.1) is 11.8 Å². The third-order valence-corrected chi connectivity index (χ3v) is 4.10. The van der Waals surface area contributed by atoms with E-state index in [2.05, 4.69) is 0 Å². The monoisotopic (exact) mass is 227 g/mol. The fraction of sp³-hybridized carbons (Fsp3) is 0.727. The molecule has 1 amide bonds. The van der Waals surface area contributed by atoms with Crippen molar-refractivity contribution in [2.24, 2.45) is 0 Å². The Kier molecular flexibility index (Phi) is 3.70. The maximum Gasteiger partial charge on any atom is 0.214 e. The lowest BCUT2D eigenvalue weighted by Gasteiger charge is -2.33. The van der Waals surface area contributed by atoms with Crippen molar-refractivity contribution in [2.45, 2.75) is 44.2 Å². The second-order valence-electron chi connectivity index (χ2n) is 4.20. The van der Waals surface area contributed by atoms with E-state index in [1.54, 1.807) is 16.7 Å². The largest absolute Gasteiger partial charge is 0.386 e. The lowest BCUT2D eigenvalue weighted by atomic mass is 9.94. The molecule has 0 spiro atoms. The highest BCUT2D eigenvalue weighted by molar-refractivity contribution is 8.02. The molecule has 0 radical (unpaired) electrons. The minimum Gasteiger partial charge on any atom is -0.386 e. The highest BCUT2D eigenvalue weighted by Gasteiger charge is 2.28. The Morgan fingerprint density at radius 3 is 2.67 bits per heavy atom. The van der Waals surface area contributed by atoms with Gasteiger partial charge in [-0.25, -0.2) is 0 Å². The molecule has 1 N–H and O–H groups in total. The second-order valence-corrected chi connectivity index (χ2v) is 5.10. The zero-order valence-electron chi connectivity index (χ0n) is 8.76. The normalized spacial score (nSPS) is 27.5. The Morgan fingerprint density at radius 2 is 2.13 bits per heavy atom. The number of hydrogen-bond donors (Lipinski definition) is 1. The van der Waals surface area contributed by atoms with E-state index in [4.69, 9.17) is 0 Å². The van der Waals surface area contributed by atoms with Crippen molar-refractivity contribution >= 4 is 18.2 Å². The summed E-state index contributed by atoms with van der Waals surface area (Å²) in [4.78, 5) is 12.9. The van der Waals surface area contributed by atoms with Gasteiger partial charge in [0.15, 0.2) is 0 Å². The summed E-state index contributed by atoms with van der Waals surface area (Å²) in [5, 5.41) is 11.7. The molecule has 1 unspecified atom stereocenters. The molecule has 2 aliphatic rings. The van der Waals surface area contributed by atoms with Gasteiger partial charge in [-0.05, 0) is 18.2 Å². The Bertz CT molecular complexity index is 261. The number of carbonyl (C=O) groups is 1. The molecule has 3 nitrogen and oxygen atoms in total. The average Bonchev–Trinajstić information content (AvgIpc) is 2.68. The number of rotatable bonds is 3. The van der Waals surface area contributed by atoms with Gasteiger partial charge in [0, 0.05) is 11.8 Å². The Balaban J connectivity index is 2.05. The van der Waals surface area contributed by atoms with Crippen LogP contribution in [0.15, 0.2) is 11.1 Å². The van der Waals surface area contributed by atoms with E-state index < -0.39 is 6.10 Å². The van der Waals surface area contributed by atoms with Crippen LogP contribution in [0.3, 0.4) is 0 Å². The maximum absolute atomic E-state index is 11.1. The van der Waals surface area contributed by atoms with Gasteiger partial charge >= 0.3 is 0 Å². The van der Waals surface area contributed by atoms with E-state index in [1.165, 1.54) is 19.3 Å². The van der Waals surface area contributed by atoms with Crippen LogP contribution >= 0.6 is 11.8 Å². The number of nitrogens with zero attached hydrogens (tertiary/aromatic N) is 1. The highest BCUT2D eigenvalue weighted by Crippen LogP contribution is 2.30. The van der Waals surface area contributed by atoms with Gasteiger partial charge in [0.05, 0.1) is 5.70 Å². The summed E-state index contributed by atoms with van der Waals surface area (Å²) in [6.45, 7) is 0. The first kappa shape index (κ1) is 11.0. The summed E-state index contributed by atoms with van der Waals surface area (Å²) < 4.78 is 0. The lowest BCUT2D eigenvalue weighted by Crippen LogP contribution is -2.38. The van der Waals surface area contributed by atoms with Gasteiger partial charge in [0.25, 0.3) is 0 Å². The second kappa shape index (κ2) is 5.03. The van der Waals surface area contributed by atoms with E-state index in [0.717, 1.165) is 24.9 Å². The summed E-state index contributed by atoms with van der Waals surface area (Å²) in [5.74, 6) is 0.687. The molecule has 1 atom stereocenters. The molecule has 1 heterocycles. The van der Waals surface area contributed by atoms with Crippen LogP contribution in [-0.4, -0.2) is 34.3 Å². The molecule has 1 aliphatic heterocycles. The number of aliphatic hydroxyl groups is 1. The summed E-state index contributed by atoms with van der Waals surface area (Å²) in [6, 6.07) is 0.316. The first-order valence-corrected chi connectivity index (χ1v) is 6.61. The van der Waals surface area contributed by atoms with Crippen LogP contribution in [0.25, 0.3) is 0 Å². The van der Waals surface area contributed by atoms with Crippen molar-refractivity contribution in [3.8, 4) is 0 Å². The summed E-state index contributed by atoms with van der Waals surface area (Å²) in [6.07, 6.45) is 6.26. The predicted octanol–water partition coefficient (Wildman–Crippen LogP) is 1.73. The van der Waals surface area contributed by atoms with Crippen molar-refractivity contribution in [2.75, 3.05) is 5.75 Å². The zero-order chi connectivity index (χ0) is 10.7. The SMILES string of the molecule is O=CN(C1=CSCC1O)C1CCCCC1. The van der Waals surface area contributed by atoms with Crippen LogP contribution in [0, 0.1) is 0 Å². The summed E-state index contributed by atoms with van der Waals surface area (Å²) >= 11 is 1.59. The highest BCUT2D eigenvalue weighted by atomic mass is 32.2. The van der Waals surface area contributed by atoms with E-state index in [9.17, 15) is 9.90 Å². The standard InChI is InChI=1S/C11H17NO2S/c13-8-12(9-4-2-1-3-5-9)10-6-15-7-11(10)14/h6,8-9,11,14H,1-5,7H2. The number of amides is 1. The number of hydrogen-bond acceptors (Lipinski definition) is 3. The van der Waals surface area contributed by atoms with Crippen molar-refractivity contribution in [1.82, 2.24) is 4.90 Å². The van der Waals surface area contributed by atoms with Crippen LogP contribution in [0.5, 0.6) is 0 Å². The molecule has 1 fully saturated rings. The Labute approximate surface area is 94.5 Å². The van der Waals surface area contributed by atoms with Crippen molar-refractivity contribution in [3.05, 3.63) is 11.1 Å². The zero-order valence-corrected chi connectivity index (χ0v) is 9.58. The Morgan fingerprint density at radius 1 is 1.40 bits per heavy atom. The average molecular weight is 227 g/mol. The van der Waals surface area contributed by atoms with Gasteiger partial charge in [-0.2, -0.15) is 0 Å². The number of carbonyl (C=O) groups excluding carboxylic acids is 1. The molecule has 1 saturated carbocycles. The molecule has 0 aromatic carbocycles. The molecule has 4 heteroatoms. The number of aliphatic hydroxyl groups excluding tert-OH is 1. The van der Waals surface area contributed by atoms with E-state index in [1.807, 2.05) is 5.41 Å². The van der Waals surface area contributed by atoms with E-state index >= 15 is 0 Å². The fourth-order valence-corrected chi connectivity index (χ4v) is 3.24. The topological polar surface area (TPSA) is 40.5 Å². The van der Waals surface area contributed by atoms with E-state index in [-0.39, 0.29) is 0 Å². The third-order valence-electron chi connectivity index (χ3n) is 3.18. The molecule has 2 rings (SSSR count). The summed E-state index contributed by atoms with van der Waals surface area (Å²) in [5.41, 5.74) is 0.807. The number of thioether (sulfide) groups is 1. The molecule has 0 aromatic heterocycles. The minimum atomic E-state index is -0.456. The van der Waals surface area contributed by atoms with Crippen LogP contribution in [0.2, 0.25) is 0 Å². The molecule has 1 aliphatic carbocycles. The molecule has 84 valence electrons. The Hall–Kier alpha value is -0.480. The first-order valence-electron chi connectivity index (χ1n) is 5.56. The van der Waals surface area contributed by atoms with Gasteiger partial charge in [-0.1, -0.05) is 19.3 Å². The third kappa shape index (κ3) is 2.37. The van der Waals surface area contributed by atoms with Crippen molar-refractivity contribution in [1.29, 1.82) is 0 Å². The van der Waals surface area contributed by atoms with E-state index in [0.29, 0.717) is 11.8 Å². The predicted molar refractivity (Wildman–Crippen MR) is 61.3 cm³/mol. The molecular weight excluding hydrogens is 210 g/mol. The minimum absolute atomic E-state index is 0.316. The molecule has 15 heavy (non-hydrogen) atoms. The summed E-state index contributed by atoms with van der Waals surface area (Å²) in [7, 11) is 0. The van der Waals surface area contributed by atoms with Crippen molar-refractivity contribution < 1.29 is 9.90 Å². The molecule has 0 bridgehead atoms.